The zero-order valence-electron chi connectivity index (χ0n) is 17.8. The molecule has 0 saturated carbocycles. The van der Waals surface area contributed by atoms with Crippen molar-refractivity contribution in [2.24, 2.45) is 0 Å². The second kappa shape index (κ2) is 9.78. The molecular weight excluding hydrogens is 417 g/mol. The molecule has 1 atom stereocenters. The lowest BCUT2D eigenvalue weighted by Crippen LogP contribution is -2.45. The minimum Gasteiger partial charge on any atom is -0.296 e. The number of nitrogens with one attached hydrogen (secondary N) is 1. The van der Waals surface area contributed by atoms with Gasteiger partial charge in [0.1, 0.15) is 0 Å². The van der Waals surface area contributed by atoms with E-state index < -0.39 is 12.8 Å². The van der Waals surface area contributed by atoms with E-state index >= 15 is 0 Å². The Labute approximate surface area is 189 Å². The first-order chi connectivity index (χ1) is 15.2. The molecule has 0 aliphatic carbocycles. The molecule has 1 unspecified atom stereocenters. The van der Waals surface area contributed by atoms with Crippen LogP contribution in [0.2, 0.25) is 0 Å². The van der Waals surface area contributed by atoms with Crippen molar-refractivity contribution in [1.82, 2.24) is 5.09 Å². The lowest BCUT2D eigenvalue weighted by molar-refractivity contribution is 0.429. The van der Waals surface area contributed by atoms with Crippen LogP contribution in [0.15, 0.2) is 109 Å². The first-order valence-corrected chi connectivity index (χ1v) is 13.4. The second-order valence-corrected chi connectivity index (χ2v) is 11.2. The van der Waals surface area contributed by atoms with Crippen LogP contribution in [-0.2, 0) is 10.1 Å². The first kappa shape index (κ1) is 21.8. The van der Waals surface area contributed by atoms with Gasteiger partial charge >= 0.3 is 0 Å². The van der Waals surface area contributed by atoms with Crippen molar-refractivity contribution in [2.45, 2.75) is 31.7 Å². The summed E-state index contributed by atoms with van der Waals surface area (Å²) in [5.41, 5.74) is 0.616. The number of benzene rings is 3. The van der Waals surface area contributed by atoms with E-state index in [4.69, 9.17) is 0 Å². The Morgan fingerprint density at radius 1 is 0.774 bits per heavy atom. The van der Waals surface area contributed by atoms with E-state index in [1.165, 1.54) is 4.88 Å². The molecule has 0 amide bonds. The van der Waals surface area contributed by atoms with Crippen LogP contribution in [-0.4, -0.2) is 0 Å². The van der Waals surface area contributed by atoms with E-state index in [0.29, 0.717) is 0 Å². The SMILES string of the molecule is CCCCC(NP(=O)(c1ccccc1)c1ccccc1)(c1ccccc1)c1cccs1. The lowest BCUT2D eigenvalue weighted by Gasteiger charge is -2.39. The minimum absolute atomic E-state index is 0.535. The smallest absolute Gasteiger partial charge is 0.205 e. The molecule has 0 fully saturated rings. The van der Waals surface area contributed by atoms with E-state index in [1.54, 1.807) is 11.3 Å². The molecule has 0 spiro atoms. The Hall–Kier alpha value is -2.45. The topological polar surface area (TPSA) is 29.1 Å². The predicted octanol–water partition coefficient (Wildman–Crippen LogP) is 6.70. The van der Waals surface area contributed by atoms with Gasteiger partial charge in [-0.2, -0.15) is 0 Å². The van der Waals surface area contributed by atoms with E-state index in [-0.39, 0.29) is 0 Å². The fourth-order valence-corrected chi connectivity index (χ4v) is 7.74. The molecule has 158 valence electrons. The summed E-state index contributed by atoms with van der Waals surface area (Å²) >= 11 is 1.72. The van der Waals surface area contributed by atoms with Crippen LogP contribution >= 0.6 is 18.6 Å². The summed E-state index contributed by atoms with van der Waals surface area (Å²) in [5.74, 6) is 0. The average molecular weight is 446 g/mol. The number of rotatable bonds is 9. The van der Waals surface area contributed by atoms with E-state index in [0.717, 1.165) is 35.4 Å². The van der Waals surface area contributed by atoms with Gasteiger partial charge in [0.15, 0.2) is 0 Å². The van der Waals surface area contributed by atoms with Gasteiger partial charge in [0.05, 0.1) is 5.54 Å². The maximum absolute atomic E-state index is 15.0. The highest BCUT2D eigenvalue weighted by Gasteiger charge is 2.42. The Kier molecular flexibility index (Phi) is 6.87. The van der Waals surface area contributed by atoms with Crippen LogP contribution in [0.4, 0.5) is 0 Å². The standard InChI is InChI=1S/C27H28NOPS/c1-2-3-21-27(26-20-13-22-31-26,23-14-7-4-8-15-23)28-30(29,24-16-9-5-10-17-24)25-18-11-6-12-19-25/h4-20,22H,2-3,21H2,1H3,(H,28,29). The summed E-state index contributed by atoms with van der Waals surface area (Å²) in [6.45, 7) is 2.21. The molecule has 4 heteroatoms. The summed E-state index contributed by atoms with van der Waals surface area (Å²) < 4.78 is 15.0. The third-order valence-electron chi connectivity index (χ3n) is 5.70. The monoisotopic (exact) mass is 445 g/mol. The van der Waals surface area contributed by atoms with Crippen molar-refractivity contribution in [3.63, 3.8) is 0 Å². The molecule has 31 heavy (non-hydrogen) atoms. The summed E-state index contributed by atoms with van der Waals surface area (Å²) in [5, 5.41) is 7.56. The van der Waals surface area contributed by atoms with Gasteiger partial charge < -0.3 is 0 Å². The summed E-state index contributed by atoms with van der Waals surface area (Å²) in [6.07, 6.45) is 2.98. The Morgan fingerprint density at radius 2 is 1.32 bits per heavy atom. The van der Waals surface area contributed by atoms with Gasteiger partial charge in [-0.25, -0.2) is 5.09 Å². The molecule has 1 aromatic heterocycles. The predicted molar refractivity (Wildman–Crippen MR) is 134 cm³/mol. The highest BCUT2D eigenvalue weighted by atomic mass is 32.1. The van der Waals surface area contributed by atoms with Crippen LogP contribution < -0.4 is 15.7 Å². The van der Waals surface area contributed by atoms with Crippen molar-refractivity contribution in [3.8, 4) is 0 Å². The van der Waals surface area contributed by atoms with E-state index in [9.17, 15) is 4.57 Å². The van der Waals surface area contributed by atoms with Crippen LogP contribution in [0.3, 0.4) is 0 Å². The normalized spacial score (nSPS) is 13.6. The highest BCUT2D eigenvalue weighted by Crippen LogP contribution is 2.48. The maximum Gasteiger partial charge on any atom is 0.205 e. The van der Waals surface area contributed by atoms with Gasteiger partial charge in [-0.05, 0) is 47.7 Å². The second-order valence-electron chi connectivity index (χ2n) is 7.74. The van der Waals surface area contributed by atoms with Crippen LogP contribution in [0.1, 0.15) is 36.6 Å². The number of hydrogen-bond donors (Lipinski definition) is 1. The van der Waals surface area contributed by atoms with Gasteiger partial charge in [-0.1, -0.05) is 92.6 Å². The third-order valence-corrected chi connectivity index (χ3v) is 9.48. The quantitative estimate of drug-likeness (QED) is 0.290. The van der Waals surface area contributed by atoms with Gasteiger partial charge in [0, 0.05) is 15.5 Å². The van der Waals surface area contributed by atoms with Gasteiger partial charge in [-0.3, -0.25) is 4.57 Å². The van der Waals surface area contributed by atoms with Crippen molar-refractivity contribution < 1.29 is 4.57 Å². The fourth-order valence-electron chi connectivity index (χ4n) is 4.09. The number of hydrogen-bond acceptors (Lipinski definition) is 2. The number of unbranched alkanes of at least 4 members (excludes halogenated alkanes) is 1. The fraction of sp³-hybridized carbons (Fsp3) is 0.185. The van der Waals surface area contributed by atoms with E-state index in [2.05, 4.69) is 53.8 Å². The molecule has 0 radical (unpaired) electrons. The van der Waals surface area contributed by atoms with Crippen LogP contribution in [0, 0.1) is 0 Å². The zero-order valence-corrected chi connectivity index (χ0v) is 19.5. The molecular formula is C27H28NOPS. The van der Waals surface area contributed by atoms with Crippen molar-refractivity contribution in [3.05, 3.63) is 119 Å². The maximum atomic E-state index is 15.0. The largest absolute Gasteiger partial charge is 0.296 e. The Morgan fingerprint density at radius 3 is 1.81 bits per heavy atom. The molecule has 1 N–H and O–H groups in total. The van der Waals surface area contributed by atoms with Crippen molar-refractivity contribution in [2.75, 3.05) is 0 Å². The summed E-state index contributed by atoms with van der Waals surface area (Å²) in [6, 6.07) is 34.5. The molecule has 0 saturated heterocycles. The summed E-state index contributed by atoms with van der Waals surface area (Å²) in [4.78, 5) is 1.19. The molecule has 0 aliphatic heterocycles. The number of thiophene rings is 1. The first-order valence-electron chi connectivity index (χ1n) is 10.8. The molecule has 3 aromatic carbocycles. The van der Waals surface area contributed by atoms with Crippen LogP contribution in [0.5, 0.6) is 0 Å². The average Bonchev–Trinajstić information content (AvgIpc) is 3.39. The highest BCUT2D eigenvalue weighted by molar-refractivity contribution is 7.77. The van der Waals surface area contributed by atoms with Crippen LogP contribution in [0.25, 0.3) is 0 Å². The van der Waals surface area contributed by atoms with Gasteiger partial charge in [0.25, 0.3) is 0 Å². The molecule has 1 heterocycles. The molecule has 4 aromatic rings. The minimum atomic E-state index is -3.14. The van der Waals surface area contributed by atoms with Crippen molar-refractivity contribution >= 4 is 29.2 Å². The van der Waals surface area contributed by atoms with Gasteiger partial charge in [0.2, 0.25) is 7.29 Å². The van der Waals surface area contributed by atoms with Crippen molar-refractivity contribution in [1.29, 1.82) is 0 Å². The zero-order chi connectivity index (χ0) is 21.6. The third kappa shape index (κ3) is 4.45. The lowest BCUT2D eigenvalue weighted by atomic mass is 9.84. The Bertz CT molecular complexity index is 1070. The molecule has 0 bridgehead atoms. The molecule has 0 aliphatic rings. The molecule has 4 rings (SSSR count). The summed E-state index contributed by atoms with van der Waals surface area (Å²) in [7, 11) is -3.14. The molecule has 2 nitrogen and oxygen atoms in total. The van der Waals surface area contributed by atoms with Gasteiger partial charge in [-0.15, -0.1) is 11.3 Å². The Balaban J connectivity index is 1.95. The van der Waals surface area contributed by atoms with E-state index in [1.807, 2.05) is 66.7 Å².